The number of benzene rings is 1. The Balaban J connectivity index is 1.85. The van der Waals surface area contributed by atoms with E-state index in [0.29, 0.717) is 17.8 Å². The lowest BCUT2D eigenvalue weighted by molar-refractivity contribution is -0.135. The Morgan fingerprint density at radius 1 is 1.24 bits per heavy atom. The molecule has 0 aliphatic rings. The highest BCUT2D eigenvalue weighted by atomic mass is 19.4. The molecule has 0 bridgehead atoms. The number of halogens is 3. The summed E-state index contributed by atoms with van der Waals surface area (Å²) in [6, 6.07) is 6.89. The van der Waals surface area contributed by atoms with Crippen LogP contribution in [-0.2, 0) is 0 Å². The number of nitrogen functional groups attached to an aromatic ring is 1. The summed E-state index contributed by atoms with van der Waals surface area (Å²) in [5.41, 5.74) is 7.40. The van der Waals surface area contributed by atoms with E-state index in [1.54, 1.807) is 24.3 Å². The molecule has 2 aromatic rings. The van der Waals surface area contributed by atoms with Crippen molar-refractivity contribution in [3.63, 3.8) is 0 Å². The molecule has 0 saturated carbocycles. The van der Waals surface area contributed by atoms with E-state index < -0.39 is 12.6 Å². The molecule has 1 aromatic carbocycles. The molecule has 7 heteroatoms. The molecule has 0 unspecified atom stereocenters. The minimum absolute atomic E-state index is 0.00696. The van der Waals surface area contributed by atoms with E-state index in [-0.39, 0.29) is 18.9 Å². The molecule has 0 atom stereocenters. The van der Waals surface area contributed by atoms with Crippen molar-refractivity contribution >= 4 is 22.5 Å². The Labute approximate surface area is 119 Å². The highest BCUT2D eigenvalue weighted by Crippen LogP contribution is 2.22. The van der Waals surface area contributed by atoms with Gasteiger partial charge in [-0.25, -0.2) is 0 Å². The van der Waals surface area contributed by atoms with Crippen molar-refractivity contribution in [3.05, 3.63) is 30.0 Å². The first-order chi connectivity index (χ1) is 9.85. The summed E-state index contributed by atoms with van der Waals surface area (Å²) in [5.74, 6) is -0.336. The van der Waals surface area contributed by atoms with Crippen molar-refractivity contribution in [1.29, 1.82) is 0 Å². The Bertz CT molecular complexity index is 634. The molecule has 0 aliphatic heterocycles. The average Bonchev–Trinajstić information content (AvgIpc) is 2.79. The predicted molar refractivity (Wildman–Crippen MR) is 75.0 cm³/mol. The Kier molecular flexibility index (Phi) is 4.40. The maximum Gasteiger partial charge on any atom is 0.389 e. The number of unbranched alkanes of at least 4 members (excludes halogenated alkanes) is 1. The second-order valence-electron chi connectivity index (χ2n) is 4.86. The van der Waals surface area contributed by atoms with Gasteiger partial charge in [-0.05, 0) is 37.1 Å². The number of H-pyrrole nitrogens is 1. The third kappa shape index (κ3) is 4.40. The lowest BCUT2D eigenvalue weighted by Crippen LogP contribution is -2.25. The van der Waals surface area contributed by atoms with Crippen LogP contribution in [0.1, 0.15) is 29.8 Å². The number of carbonyl (C=O) groups excluding carboxylic acids is 1. The molecule has 4 N–H and O–H groups in total. The zero-order chi connectivity index (χ0) is 15.5. The smallest absolute Gasteiger partial charge is 0.389 e. The lowest BCUT2D eigenvalue weighted by atomic mass is 10.2. The average molecular weight is 299 g/mol. The van der Waals surface area contributed by atoms with Crippen molar-refractivity contribution in [3.8, 4) is 0 Å². The Hall–Kier alpha value is -2.18. The second kappa shape index (κ2) is 6.07. The van der Waals surface area contributed by atoms with Gasteiger partial charge < -0.3 is 16.0 Å². The first-order valence-corrected chi connectivity index (χ1v) is 6.58. The van der Waals surface area contributed by atoms with Crippen LogP contribution in [0.5, 0.6) is 0 Å². The van der Waals surface area contributed by atoms with Crippen LogP contribution in [0.4, 0.5) is 18.9 Å². The third-order valence-electron chi connectivity index (χ3n) is 3.06. The minimum Gasteiger partial charge on any atom is -0.399 e. The number of fused-ring (bicyclic) bond motifs is 1. The highest BCUT2D eigenvalue weighted by Gasteiger charge is 2.25. The number of aromatic amines is 1. The van der Waals surface area contributed by atoms with Crippen LogP contribution >= 0.6 is 0 Å². The molecule has 0 saturated heterocycles. The van der Waals surface area contributed by atoms with E-state index in [4.69, 9.17) is 5.73 Å². The van der Waals surface area contributed by atoms with Crippen LogP contribution in [0.15, 0.2) is 24.3 Å². The van der Waals surface area contributed by atoms with E-state index in [1.807, 2.05) is 0 Å². The van der Waals surface area contributed by atoms with Gasteiger partial charge in [0.15, 0.2) is 0 Å². The van der Waals surface area contributed by atoms with E-state index >= 15 is 0 Å². The zero-order valence-corrected chi connectivity index (χ0v) is 11.3. The topological polar surface area (TPSA) is 70.9 Å². The highest BCUT2D eigenvalue weighted by molar-refractivity contribution is 5.98. The molecular weight excluding hydrogens is 283 g/mol. The van der Waals surface area contributed by atoms with Gasteiger partial charge in [-0.1, -0.05) is 0 Å². The fraction of sp³-hybridized carbons (Fsp3) is 0.357. The quantitative estimate of drug-likeness (QED) is 0.586. The minimum atomic E-state index is -4.14. The molecule has 0 radical (unpaired) electrons. The van der Waals surface area contributed by atoms with Gasteiger partial charge in [-0.3, -0.25) is 4.79 Å². The van der Waals surface area contributed by atoms with Crippen LogP contribution in [0.3, 0.4) is 0 Å². The number of rotatable bonds is 5. The number of hydrogen-bond acceptors (Lipinski definition) is 2. The van der Waals surface area contributed by atoms with Crippen molar-refractivity contribution in [2.75, 3.05) is 12.3 Å². The molecule has 0 fully saturated rings. The van der Waals surface area contributed by atoms with Crippen LogP contribution < -0.4 is 11.1 Å². The summed E-state index contributed by atoms with van der Waals surface area (Å²) >= 11 is 0. The first-order valence-electron chi connectivity index (χ1n) is 6.58. The molecule has 2 rings (SSSR count). The molecule has 114 valence electrons. The predicted octanol–water partition coefficient (Wildman–Crippen LogP) is 3.21. The Morgan fingerprint density at radius 3 is 2.71 bits per heavy atom. The number of carbonyl (C=O) groups is 1. The van der Waals surface area contributed by atoms with Crippen LogP contribution in [0.25, 0.3) is 10.9 Å². The Morgan fingerprint density at radius 2 is 2.00 bits per heavy atom. The SMILES string of the molecule is Nc1ccc2[nH]c(C(=O)NCCCCC(F)(F)F)cc2c1. The molecule has 21 heavy (non-hydrogen) atoms. The van der Waals surface area contributed by atoms with Gasteiger partial charge in [0.2, 0.25) is 0 Å². The maximum absolute atomic E-state index is 12.0. The first kappa shape index (κ1) is 15.2. The molecular formula is C14H16F3N3O. The summed E-state index contributed by atoms with van der Waals surface area (Å²) in [6.07, 6.45) is -4.67. The fourth-order valence-corrected chi connectivity index (χ4v) is 2.02. The normalized spacial score (nSPS) is 11.8. The van der Waals surface area contributed by atoms with Crippen LogP contribution in [0, 0.1) is 0 Å². The molecule has 0 spiro atoms. The van der Waals surface area contributed by atoms with E-state index in [9.17, 15) is 18.0 Å². The second-order valence-corrected chi connectivity index (χ2v) is 4.86. The van der Waals surface area contributed by atoms with Gasteiger partial charge in [-0.15, -0.1) is 0 Å². The fourth-order valence-electron chi connectivity index (χ4n) is 2.02. The largest absolute Gasteiger partial charge is 0.399 e. The molecule has 1 amide bonds. The van der Waals surface area contributed by atoms with Crippen molar-refractivity contribution < 1.29 is 18.0 Å². The lowest BCUT2D eigenvalue weighted by Gasteiger charge is -2.06. The third-order valence-corrected chi connectivity index (χ3v) is 3.06. The molecule has 1 heterocycles. The number of amides is 1. The van der Waals surface area contributed by atoms with E-state index in [1.165, 1.54) is 0 Å². The summed E-state index contributed by atoms with van der Waals surface area (Å²) < 4.78 is 35.9. The number of nitrogens with one attached hydrogen (secondary N) is 2. The van der Waals surface area contributed by atoms with E-state index in [2.05, 4.69) is 10.3 Å². The standard InChI is InChI=1S/C14H16F3N3O/c15-14(16,17)5-1-2-6-19-13(21)12-8-9-7-10(18)3-4-11(9)20-12/h3-4,7-8,20H,1-2,5-6,18H2,(H,19,21). The maximum atomic E-state index is 12.0. The van der Waals surface area contributed by atoms with Crippen LogP contribution in [0.2, 0.25) is 0 Å². The summed E-state index contributed by atoms with van der Waals surface area (Å²) in [5, 5.41) is 3.41. The van der Waals surface area contributed by atoms with Gasteiger partial charge in [0.25, 0.3) is 5.91 Å². The summed E-state index contributed by atoms with van der Waals surface area (Å²) in [7, 11) is 0. The van der Waals surface area contributed by atoms with Crippen molar-refractivity contribution in [1.82, 2.24) is 10.3 Å². The molecule has 1 aromatic heterocycles. The molecule has 0 aliphatic carbocycles. The molecule has 4 nitrogen and oxygen atoms in total. The number of alkyl halides is 3. The van der Waals surface area contributed by atoms with Gasteiger partial charge >= 0.3 is 6.18 Å². The number of nitrogens with two attached hydrogens (primary N) is 1. The van der Waals surface area contributed by atoms with Gasteiger partial charge in [0.1, 0.15) is 5.69 Å². The van der Waals surface area contributed by atoms with E-state index in [0.717, 1.165) is 10.9 Å². The zero-order valence-electron chi connectivity index (χ0n) is 11.3. The van der Waals surface area contributed by atoms with Gasteiger partial charge in [0, 0.05) is 29.6 Å². The summed E-state index contributed by atoms with van der Waals surface area (Å²) in [4.78, 5) is 14.8. The van der Waals surface area contributed by atoms with Crippen LogP contribution in [-0.4, -0.2) is 23.6 Å². The van der Waals surface area contributed by atoms with Gasteiger partial charge in [0.05, 0.1) is 0 Å². The van der Waals surface area contributed by atoms with Gasteiger partial charge in [-0.2, -0.15) is 13.2 Å². The monoisotopic (exact) mass is 299 g/mol. The number of aromatic nitrogens is 1. The number of anilines is 1. The number of hydrogen-bond donors (Lipinski definition) is 3. The summed E-state index contributed by atoms with van der Waals surface area (Å²) in [6.45, 7) is 0.215. The van der Waals surface area contributed by atoms with Crippen molar-refractivity contribution in [2.24, 2.45) is 0 Å². The van der Waals surface area contributed by atoms with Crippen molar-refractivity contribution in [2.45, 2.75) is 25.4 Å².